The number of rotatable bonds is 7. The molecule has 1 aromatic rings. The number of carbonyl (C=O) groups excluding carboxylic acids is 1. The first-order valence-corrected chi connectivity index (χ1v) is 10.2. The number of halogens is 1. The van der Waals surface area contributed by atoms with E-state index in [0.717, 1.165) is 36.0 Å². The monoisotopic (exact) mass is 525 g/mol. The molecule has 0 bridgehead atoms. The Bertz CT molecular complexity index is 623. The average molecular weight is 526 g/mol. The Morgan fingerprint density at radius 1 is 1.29 bits per heavy atom. The van der Waals surface area contributed by atoms with Gasteiger partial charge in [0, 0.05) is 44.5 Å². The van der Waals surface area contributed by atoms with Crippen molar-refractivity contribution in [2.24, 2.45) is 4.99 Å². The molecule has 2 N–H and O–H groups in total. The minimum Gasteiger partial charge on any atom is -0.444 e. The second-order valence-electron chi connectivity index (χ2n) is 7.65. The van der Waals surface area contributed by atoms with Crippen LogP contribution in [-0.4, -0.2) is 60.8 Å². The molecule has 28 heavy (non-hydrogen) atoms. The molecule has 1 rings (SSSR count). The lowest BCUT2D eigenvalue weighted by atomic mass is 10.2. The van der Waals surface area contributed by atoms with Gasteiger partial charge in [-0.2, -0.15) is 0 Å². The third-order valence-corrected chi connectivity index (χ3v) is 5.26. The van der Waals surface area contributed by atoms with Crippen LogP contribution in [-0.2, 0) is 11.2 Å². The maximum absolute atomic E-state index is 12.1. The Labute approximate surface area is 190 Å². The van der Waals surface area contributed by atoms with Gasteiger partial charge < -0.3 is 20.3 Å². The molecule has 0 aliphatic carbocycles. The fraction of sp³-hybridized carbons (Fsp3) is 0.737. The predicted octanol–water partition coefficient (Wildman–Crippen LogP) is 3.73. The largest absolute Gasteiger partial charge is 0.444 e. The summed E-state index contributed by atoms with van der Waals surface area (Å²) in [5.74, 6) is 0.757. The van der Waals surface area contributed by atoms with Crippen LogP contribution in [0.2, 0.25) is 0 Å². The van der Waals surface area contributed by atoms with Crippen molar-refractivity contribution in [2.75, 3.05) is 27.2 Å². The van der Waals surface area contributed by atoms with E-state index in [1.54, 1.807) is 30.3 Å². The van der Waals surface area contributed by atoms with E-state index < -0.39 is 5.60 Å². The van der Waals surface area contributed by atoms with Crippen molar-refractivity contribution in [3.63, 3.8) is 0 Å². The molecule has 162 valence electrons. The number of aliphatic imine (C=N–C) groups is 1. The van der Waals surface area contributed by atoms with Crippen molar-refractivity contribution in [1.82, 2.24) is 20.5 Å². The number of hydrogen-bond acceptors (Lipinski definition) is 5. The molecule has 7 nitrogen and oxygen atoms in total. The van der Waals surface area contributed by atoms with E-state index in [-0.39, 0.29) is 36.1 Å². The quantitative estimate of drug-likeness (QED) is 0.322. The van der Waals surface area contributed by atoms with Gasteiger partial charge in [0.1, 0.15) is 5.60 Å². The second kappa shape index (κ2) is 12.5. The average Bonchev–Trinajstić information content (AvgIpc) is 2.88. The SMILES string of the molecule is CN=C(NCCc1nc(C)c(C)s1)NCCC(C)N(C)C(=O)OC(C)(C)C.I. The molecule has 1 heterocycles. The summed E-state index contributed by atoms with van der Waals surface area (Å²) in [6.45, 7) is 13.2. The number of aryl methyl sites for hydroxylation is 2. The van der Waals surface area contributed by atoms with Crippen molar-refractivity contribution in [2.45, 2.75) is 66.0 Å². The summed E-state index contributed by atoms with van der Waals surface area (Å²) in [4.78, 5) is 23.8. The molecule has 0 saturated heterocycles. The normalized spacial score (nSPS) is 12.8. The highest BCUT2D eigenvalue weighted by molar-refractivity contribution is 14.0. The summed E-state index contributed by atoms with van der Waals surface area (Å²) >= 11 is 1.74. The van der Waals surface area contributed by atoms with Crippen molar-refractivity contribution >= 4 is 47.4 Å². The first-order valence-electron chi connectivity index (χ1n) is 9.36. The smallest absolute Gasteiger partial charge is 0.410 e. The Morgan fingerprint density at radius 3 is 2.39 bits per heavy atom. The van der Waals surface area contributed by atoms with E-state index >= 15 is 0 Å². The fourth-order valence-corrected chi connectivity index (χ4v) is 3.20. The van der Waals surface area contributed by atoms with Gasteiger partial charge in [0.25, 0.3) is 0 Å². The van der Waals surface area contributed by atoms with Gasteiger partial charge in [-0.05, 0) is 48.0 Å². The topological polar surface area (TPSA) is 78.9 Å². The van der Waals surface area contributed by atoms with Crippen molar-refractivity contribution in [3.05, 3.63) is 15.6 Å². The highest BCUT2D eigenvalue weighted by Gasteiger charge is 2.22. The van der Waals surface area contributed by atoms with Crippen LogP contribution in [0.5, 0.6) is 0 Å². The molecule has 0 aliphatic heterocycles. The molecule has 0 radical (unpaired) electrons. The number of nitrogens with one attached hydrogen (secondary N) is 2. The van der Waals surface area contributed by atoms with Crippen LogP contribution in [0.1, 0.15) is 49.7 Å². The van der Waals surface area contributed by atoms with E-state index in [1.165, 1.54) is 4.88 Å². The molecule has 0 aliphatic rings. The van der Waals surface area contributed by atoms with E-state index in [2.05, 4.69) is 27.5 Å². The minimum atomic E-state index is -0.482. The van der Waals surface area contributed by atoms with Crippen LogP contribution in [0.15, 0.2) is 4.99 Å². The van der Waals surface area contributed by atoms with Crippen molar-refractivity contribution < 1.29 is 9.53 Å². The summed E-state index contributed by atoms with van der Waals surface area (Å²) in [6.07, 6.45) is 1.37. The zero-order chi connectivity index (χ0) is 20.6. The first kappa shape index (κ1) is 26.9. The molecule has 0 spiro atoms. The van der Waals surface area contributed by atoms with Gasteiger partial charge in [-0.1, -0.05) is 0 Å². The van der Waals surface area contributed by atoms with Crippen molar-refractivity contribution in [3.8, 4) is 0 Å². The summed E-state index contributed by atoms with van der Waals surface area (Å²) in [6, 6.07) is 0.0618. The van der Waals surface area contributed by atoms with Gasteiger partial charge in [0.2, 0.25) is 0 Å². The van der Waals surface area contributed by atoms with E-state index in [1.807, 2.05) is 34.6 Å². The Balaban J connectivity index is 0.00000729. The van der Waals surface area contributed by atoms with E-state index in [9.17, 15) is 4.79 Å². The first-order chi connectivity index (χ1) is 12.5. The summed E-state index contributed by atoms with van der Waals surface area (Å²) in [7, 11) is 3.52. The molecule has 1 amide bonds. The zero-order valence-electron chi connectivity index (χ0n) is 18.4. The predicted molar refractivity (Wildman–Crippen MR) is 128 cm³/mol. The third-order valence-electron chi connectivity index (χ3n) is 4.12. The molecule has 0 aromatic carbocycles. The molecule has 0 saturated carbocycles. The standard InChI is InChI=1S/C19H35N5O2S.HI/c1-13(24(8)18(25)26-19(4,5)6)9-11-21-17(20-7)22-12-10-16-23-14(2)15(3)27-16;/h13H,9-12H2,1-8H3,(H2,20,21,22);1H. The minimum absolute atomic E-state index is 0. The van der Waals surface area contributed by atoms with Gasteiger partial charge in [-0.25, -0.2) is 9.78 Å². The van der Waals surface area contributed by atoms with Crippen LogP contribution >= 0.6 is 35.3 Å². The number of nitrogens with zero attached hydrogens (tertiary/aromatic N) is 3. The number of ether oxygens (including phenoxy) is 1. The molecule has 1 atom stereocenters. The summed E-state index contributed by atoms with van der Waals surface area (Å²) < 4.78 is 5.40. The molecule has 0 fully saturated rings. The van der Waals surface area contributed by atoms with Gasteiger partial charge in [0.05, 0.1) is 10.7 Å². The molecular formula is C19H36IN5O2S. The maximum atomic E-state index is 12.1. The third kappa shape index (κ3) is 9.90. The number of hydrogen-bond donors (Lipinski definition) is 2. The zero-order valence-corrected chi connectivity index (χ0v) is 21.5. The Hall–Kier alpha value is -1.10. The number of carbonyl (C=O) groups is 1. The van der Waals surface area contributed by atoms with Crippen LogP contribution < -0.4 is 10.6 Å². The number of thiazole rings is 1. The van der Waals surface area contributed by atoms with Crippen LogP contribution in [0.3, 0.4) is 0 Å². The second-order valence-corrected chi connectivity index (χ2v) is 8.94. The lowest BCUT2D eigenvalue weighted by molar-refractivity contribution is 0.0230. The van der Waals surface area contributed by atoms with Crippen LogP contribution in [0.25, 0.3) is 0 Å². The Morgan fingerprint density at radius 2 is 1.89 bits per heavy atom. The summed E-state index contributed by atoms with van der Waals surface area (Å²) in [5.41, 5.74) is 0.629. The molecular weight excluding hydrogens is 489 g/mol. The number of guanidine groups is 1. The maximum Gasteiger partial charge on any atom is 0.410 e. The lowest BCUT2D eigenvalue weighted by Crippen LogP contribution is -2.43. The number of amides is 1. The number of aromatic nitrogens is 1. The molecule has 1 unspecified atom stereocenters. The van der Waals surface area contributed by atoms with Crippen molar-refractivity contribution in [1.29, 1.82) is 0 Å². The van der Waals surface area contributed by atoms with E-state index in [4.69, 9.17) is 4.74 Å². The van der Waals surface area contributed by atoms with Crippen LogP contribution in [0, 0.1) is 13.8 Å². The van der Waals surface area contributed by atoms with Gasteiger partial charge >= 0.3 is 6.09 Å². The van der Waals surface area contributed by atoms with E-state index in [0.29, 0.717) is 6.54 Å². The van der Waals surface area contributed by atoms with Gasteiger partial charge in [0.15, 0.2) is 5.96 Å². The lowest BCUT2D eigenvalue weighted by Gasteiger charge is -2.28. The molecule has 1 aromatic heterocycles. The van der Waals surface area contributed by atoms with Gasteiger partial charge in [-0.15, -0.1) is 35.3 Å². The summed E-state index contributed by atoms with van der Waals surface area (Å²) in [5, 5.41) is 7.73. The Kier molecular flexibility index (Phi) is 12.0. The highest BCUT2D eigenvalue weighted by atomic mass is 127. The fourth-order valence-electron chi connectivity index (χ4n) is 2.26. The van der Waals surface area contributed by atoms with Crippen LogP contribution in [0.4, 0.5) is 4.79 Å². The van der Waals surface area contributed by atoms with Gasteiger partial charge in [-0.3, -0.25) is 4.99 Å². The highest BCUT2D eigenvalue weighted by Crippen LogP contribution is 2.16. The molecule has 9 heteroatoms.